The number of allylic oxidation sites excluding steroid dienone is 1. The molecule has 1 aromatic rings. The van der Waals surface area contributed by atoms with Gasteiger partial charge in [0, 0.05) is 13.1 Å². The average molecular weight is 243 g/mol. The molecule has 0 aromatic heterocycles. The first-order valence-corrected chi connectivity index (χ1v) is 6.45. The van der Waals surface area contributed by atoms with Gasteiger partial charge in [0.25, 0.3) is 0 Å². The summed E-state index contributed by atoms with van der Waals surface area (Å²) in [4.78, 5) is 12.5. The van der Waals surface area contributed by atoms with E-state index < -0.39 is 6.09 Å². The second-order valence-corrected chi connectivity index (χ2v) is 5.33. The number of amides is 1. The van der Waals surface area contributed by atoms with Gasteiger partial charge in [-0.05, 0) is 30.2 Å². The predicted molar refractivity (Wildman–Crippen MR) is 70.2 cm³/mol. The summed E-state index contributed by atoms with van der Waals surface area (Å²) < 4.78 is 0. The smallest absolute Gasteiger partial charge is 0.407 e. The lowest BCUT2D eigenvalue weighted by Gasteiger charge is -2.12. The van der Waals surface area contributed by atoms with Crippen molar-refractivity contribution in [1.29, 1.82) is 0 Å². The third-order valence-electron chi connectivity index (χ3n) is 4.07. The van der Waals surface area contributed by atoms with E-state index in [4.69, 9.17) is 5.11 Å². The Kier molecular flexibility index (Phi) is 2.82. The minimum Gasteiger partial charge on any atom is -0.465 e. The van der Waals surface area contributed by atoms with Gasteiger partial charge in [-0.3, -0.25) is 0 Å². The SMILES string of the molecule is O=C(O)N1CC2CC(=Cc3ccccc3)CC2C1. The molecule has 0 spiro atoms. The highest BCUT2D eigenvalue weighted by atomic mass is 16.4. The summed E-state index contributed by atoms with van der Waals surface area (Å²) >= 11 is 0. The molecule has 3 nitrogen and oxygen atoms in total. The van der Waals surface area contributed by atoms with Gasteiger partial charge in [-0.2, -0.15) is 0 Å². The van der Waals surface area contributed by atoms with E-state index >= 15 is 0 Å². The number of carbonyl (C=O) groups is 1. The molecule has 2 aliphatic rings. The van der Waals surface area contributed by atoms with E-state index in [0.717, 1.165) is 12.8 Å². The van der Waals surface area contributed by atoms with Crippen LogP contribution in [0.5, 0.6) is 0 Å². The molecule has 1 N–H and O–H groups in total. The maximum absolute atomic E-state index is 10.9. The Bertz CT molecular complexity index is 465. The normalized spacial score (nSPS) is 26.2. The number of hydrogen-bond donors (Lipinski definition) is 1. The van der Waals surface area contributed by atoms with Crippen LogP contribution >= 0.6 is 0 Å². The van der Waals surface area contributed by atoms with Crippen molar-refractivity contribution >= 4 is 12.2 Å². The lowest BCUT2D eigenvalue weighted by atomic mass is 10.0. The molecule has 94 valence electrons. The predicted octanol–water partition coefficient (Wildman–Crippen LogP) is 3.09. The molecular formula is C15H17NO2. The maximum atomic E-state index is 10.9. The van der Waals surface area contributed by atoms with E-state index in [1.54, 1.807) is 4.90 Å². The van der Waals surface area contributed by atoms with Gasteiger partial charge in [0.05, 0.1) is 0 Å². The quantitative estimate of drug-likeness (QED) is 0.823. The summed E-state index contributed by atoms with van der Waals surface area (Å²) in [6, 6.07) is 10.4. The molecule has 2 atom stereocenters. The second kappa shape index (κ2) is 4.48. The monoisotopic (exact) mass is 243 g/mol. The molecular weight excluding hydrogens is 226 g/mol. The number of carboxylic acid groups (broad SMARTS) is 1. The number of nitrogens with zero attached hydrogens (tertiary/aromatic N) is 1. The molecule has 1 aliphatic carbocycles. The Morgan fingerprint density at radius 3 is 2.33 bits per heavy atom. The zero-order valence-corrected chi connectivity index (χ0v) is 10.2. The maximum Gasteiger partial charge on any atom is 0.407 e. The molecule has 1 amide bonds. The lowest BCUT2D eigenvalue weighted by Crippen LogP contribution is -2.27. The molecule has 2 fully saturated rings. The third kappa shape index (κ3) is 2.13. The van der Waals surface area contributed by atoms with Crippen LogP contribution in [0.15, 0.2) is 35.9 Å². The van der Waals surface area contributed by atoms with Crippen LogP contribution in [0.25, 0.3) is 6.08 Å². The summed E-state index contributed by atoms with van der Waals surface area (Å²) in [5.41, 5.74) is 2.73. The van der Waals surface area contributed by atoms with Crippen molar-refractivity contribution in [3.63, 3.8) is 0 Å². The minimum atomic E-state index is -0.766. The van der Waals surface area contributed by atoms with Crippen LogP contribution in [0.3, 0.4) is 0 Å². The van der Waals surface area contributed by atoms with Gasteiger partial charge in [-0.15, -0.1) is 0 Å². The Morgan fingerprint density at radius 2 is 1.78 bits per heavy atom. The molecule has 1 saturated carbocycles. The van der Waals surface area contributed by atoms with E-state index in [2.05, 4.69) is 18.2 Å². The van der Waals surface area contributed by atoms with E-state index in [-0.39, 0.29) is 0 Å². The Hall–Kier alpha value is -1.77. The van der Waals surface area contributed by atoms with E-state index in [9.17, 15) is 4.79 Å². The fourth-order valence-corrected chi connectivity index (χ4v) is 3.22. The highest BCUT2D eigenvalue weighted by molar-refractivity contribution is 5.65. The third-order valence-corrected chi connectivity index (χ3v) is 4.07. The molecule has 18 heavy (non-hydrogen) atoms. The van der Waals surface area contributed by atoms with Crippen molar-refractivity contribution in [2.75, 3.05) is 13.1 Å². The van der Waals surface area contributed by atoms with Crippen molar-refractivity contribution in [3.8, 4) is 0 Å². The Balaban J connectivity index is 1.68. The Morgan fingerprint density at radius 1 is 1.17 bits per heavy atom. The molecule has 2 unspecified atom stereocenters. The van der Waals surface area contributed by atoms with Crippen LogP contribution in [0.2, 0.25) is 0 Å². The molecule has 1 saturated heterocycles. The standard InChI is InChI=1S/C15H17NO2/c17-15(18)16-9-13-7-12(8-14(13)10-16)6-11-4-2-1-3-5-11/h1-6,13-14H,7-10H2,(H,17,18). The van der Waals surface area contributed by atoms with E-state index in [0.29, 0.717) is 24.9 Å². The first-order valence-electron chi connectivity index (χ1n) is 6.45. The molecule has 1 heterocycles. The van der Waals surface area contributed by atoms with Gasteiger partial charge >= 0.3 is 6.09 Å². The molecule has 1 aliphatic heterocycles. The minimum absolute atomic E-state index is 0.538. The molecule has 0 radical (unpaired) electrons. The number of rotatable bonds is 1. The summed E-state index contributed by atoms with van der Waals surface area (Å²) in [7, 11) is 0. The van der Waals surface area contributed by atoms with Crippen molar-refractivity contribution in [3.05, 3.63) is 41.5 Å². The number of benzene rings is 1. The summed E-state index contributed by atoms with van der Waals surface area (Å²) in [5.74, 6) is 1.08. The highest BCUT2D eigenvalue weighted by Gasteiger charge is 2.39. The number of fused-ring (bicyclic) bond motifs is 1. The lowest BCUT2D eigenvalue weighted by molar-refractivity contribution is 0.152. The fourth-order valence-electron chi connectivity index (χ4n) is 3.22. The average Bonchev–Trinajstić information content (AvgIpc) is 2.88. The van der Waals surface area contributed by atoms with Gasteiger partial charge in [-0.1, -0.05) is 42.0 Å². The molecule has 0 bridgehead atoms. The highest BCUT2D eigenvalue weighted by Crippen LogP contribution is 2.41. The molecule has 3 rings (SSSR count). The van der Waals surface area contributed by atoms with Gasteiger partial charge in [0.1, 0.15) is 0 Å². The van der Waals surface area contributed by atoms with Crippen LogP contribution in [-0.4, -0.2) is 29.2 Å². The van der Waals surface area contributed by atoms with E-state index in [1.807, 2.05) is 18.2 Å². The van der Waals surface area contributed by atoms with Crippen molar-refractivity contribution in [1.82, 2.24) is 4.90 Å². The fraction of sp³-hybridized carbons (Fsp3) is 0.400. The van der Waals surface area contributed by atoms with Crippen LogP contribution < -0.4 is 0 Å². The van der Waals surface area contributed by atoms with Crippen LogP contribution in [0.1, 0.15) is 18.4 Å². The largest absolute Gasteiger partial charge is 0.465 e. The van der Waals surface area contributed by atoms with Crippen molar-refractivity contribution in [2.45, 2.75) is 12.8 Å². The topological polar surface area (TPSA) is 40.5 Å². The summed E-state index contributed by atoms with van der Waals surface area (Å²) in [6.07, 6.45) is 3.62. The summed E-state index contributed by atoms with van der Waals surface area (Å²) in [5, 5.41) is 8.98. The van der Waals surface area contributed by atoms with Gasteiger partial charge in [0.2, 0.25) is 0 Å². The van der Waals surface area contributed by atoms with Crippen molar-refractivity contribution in [2.24, 2.45) is 11.8 Å². The van der Waals surface area contributed by atoms with Crippen LogP contribution in [0.4, 0.5) is 4.79 Å². The zero-order valence-electron chi connectivity index (χ0n) is 10.2. The summed E-state index contributed by atoms with van der Waals surface area (Å²) in [6.45, 7) is 1.43. The second-order valence-electron chi connectivity index (χ2n) is 5.33. The van der Waals surface area contributed by atoms with Crippen LogP contribution in [0, 0.1) is 11.8 Å². The van der Waals surface area contributed by atoms with E-state index in [1.165, 1.54) is 11.1 Å². The van der Waals surface area contributed by atoms with Crippen LogP contribution in [-0.2, 0) is 0 Å². The van der Waals surface area contributed by atoms with Gasteiger partial charge in [0.15, 0.2) is 0 Å². The zero-order chi connectivity index (χ0) is 12.5. The number of likely N-dealkylation sites (tertiary alicyclic amines) is 1. The Labute approximate surface area is 107 Å². The van der Waals surface area contributed by atoms with Gasteiger partial charge < -0.3 is 10.0 Å². The molecule has 1 aromatic carbocycles. The number of hydrogen-bond acceptors (Lipinski definition) is 1. The first kappa shape index (κ1) is 11.3. The van der Waals surface area contributed by atoms with Gasteiger partial charge in [-0.25, -0.2) is 4.79 Å². The van der Waals surface area contributed by atoms with Crippen molar-refractivity contribution < 1.29 is 9.90 Å². The first-order chi connectivity index (χ1) is 8.72. The molecule has 3 heteroatoms.